The van der Waals surface area contributed by atoms with Crippen LogP contribution in [0.5, 0.6) is 0 Å². The van der Waals surface area contributed by atoms with Crippen molar-refractivity contribution in [3.05, 3.63) is 35.1 Å². The molecule has 0 atom stereocenters. The fraction of sp³-hybridized carbons (Fsp3) is 0.467. The number of nitrogens with zero attached hydrogens (tertiary/aromatic N) is 1. The number of nitrogens with two attached hydrogens (primary N) is 1. The fourth-order valence-electron chi connectivity index (χ4n) is 2.53. The van der Waals surface area contributed by atoms with Crippen LogP contribution in [-0.4, -0.2) is 41.5 Å². The van der Waals surface area contributed by atoms with E-state index in [1.54, 1.807) is 6.07 Å². The summed E-state index contributed by atoms with van der Waals surface area (Å²) in [5.74, 6) is -1.00. The number of halogens is 1. The quantitative estimate of drug-likeness (QED) is 0.833. The molecule has 1 heterocycles. The van der Waals surface area contributed by atoms with Crippen LogP contribution >= 0.6 is 12.2 Å². The van der Waals surface area contributed by atoms with Crippen molar-refractivity contribution < 1.29 is 9.18 Å². The second kappa shape index (κ2) is 6.07. The number of nitrogens with one attached hydrogen (secondary N) is 1. The average Bonchev–Trinajstić information content (AvgIpc) is 2.44. The van der Waals surface area contributed by atoms with Crippen LogP contribution in [0.2, 0.25) is 0 Å². The summed E-state index contributed by atoms with van der Waals surface area (Å²) in [4.78, 5) is 14.8. The summed E-state index contributed by atoms with van der Waals surface area (Å²) >= 11 is 5.14. The van der Waals surface area contributed by atoms with Gasteiger partial charge in [0.25, 0.3) is 5.91 Å². The third kappa shape index (κ3) is 3.39. The molecule has 2 rings (SSSR count). The van der Waals surface area contributed by atoms with Gasteiger partial charge in [-0.15, -0.1) is 0 Å². The molecule has 0 saturated carbocycles. The molecule has 1 aliphatic rings. The molecule has 0 unspecified atom stereocenters. The molecular weight excluding hydrogens is 289 g/mol. The van der Waals surface area contributed by atoms with Crippen molar-refractivity contribution in [3.63, 3.8) is 0 Å². The molecule has 0 aromatic heterocycles. The van der Waals surface area contributed by atoms with Crippen LogP contribution in [-0.2, 0) is 0 Å². The van der Waals surface area contributed by atoms with Gasteiger partial charge in [-0.3, -0.25) is 4.79 Å². The van der Waals surface area contributed by atoms with Gasteiger partial charge in [-0.25, -0.2) is 4.39 Å². The van der Waals surface area contributed by atoms with Gasteiger partial charge >= 0.3 is 0 Å². The molecular formula is C15H20FN3OS. The zero-order chi connectivity index (χ0) is 15.6. The smallest absolute Gasteiger partial charge is 0.255 e. The van der Waals surface area contributed by atoms with Gasteiger partial charge in [0.1, 0.15) is 5.82 Å². The Morgan fingerprint density at radius 3 is 2.62 bits per heavy atom. The minimum atomic E-state index is -0.727. The molecule has 3 N–H and O–H groups in total. The van der Waals surface area contributed by atoms with E-state index in [4.69, 9.17) is 18.0 Å². The molecule has 1 amide bonds. The van der Waals surface area contributed by atoms with E-state index in [1.807, 2.05) is 14.0 Å². The van der Waals surface area contributed by atoms with E-state index >= 15 is 0 Å². The van der Waals surface area contributed by atoms with Crippen LogP contribution in [0.1, 0.15) is 28.8 Å². The van der Waals surface area contributed by atoms with Gasteiger partial charge in [0.2, 0.25) is 0 Å². The second-order valence-electron chi connectivity index (χ2n) is 5.69. The van der Waals surface area contributed by atoms with Crippen LogP contribution in [0.15, 0.2) is 18.2 Å². The minimum Gasteiger partial charge on any atom is -0.391 e. The van der Waals surface area contributed by atoms with E-state index in [-0.39, 0.29) is 10.6 Å². The Hall–Kier alpha value is -1.53. The molecule has 1 aliphatic heterocycles. The number of carbonyl (C=O) groups excluding carboxylic acids is 1. The maximum absolute atomic E-state index is 13.8. The number of aryl methyl sites for hydroxylation is 1. The highest BCUT2D eigenvalue weighted by molar-refractivity contribution is 7.80. The third-order valence-electron chi connectivity index (χ3n) is 4.03. The first kappa shape index (κ1) is 15.9. The maximum Gasteiger partial charge on any atom is 0.255 e. The number of piperidine rings is 1. The molecule has 6 heteroatoms. The molecule has 1 aromatic rings. The highest BCUT2D eigenvalue weighted by atomic mass is 32.1. The molecule has 21 heavy (non-hydrogen) atoms. The molecule has 0 spiro atoms. The Morgan fingerprint density at radius 1 is 1.43 bits per heavy atom. The summed E-state index contributed by atoms with van der Waals surface area (Å²) in [6.45, 7) is 3.39. The van der Waals surface area contributed by atoms with Gasteiger partial charge in [-0.1, -0.05) is 23.8 Å². The molecule has 4 nitrogen and oxygen atoms in total. The highest BCUT2D eigenvalue weighted by Crippen LogP contribution is 2.23. The van der Waals surface area contributed by atoms with Crippen LogP contribution in [0.3, 0.4) is 0 Å². The van der Waals surface area contributed by atoms with Crippen LogP contribution in [0.25, 0.3) is 0 Å². The number of benzene rings is 1. The number of amides is 1. The molecule has 1 fully saturated rings. The van der Waals surface area contributed by atoms with E-state index in [0.717, 1.165) is 18.7 Å². The lowest BCUT2D eigenvalue weighted by molar-refractivity contribution is 0.0886. The van der Waals surface area contributed by atoms with Gasteiger partial charge in [-0.05, 0) is 38.9 Å². The lowest BCUT2D eigenvalue weighted by Crippen LogP contribution is -2.61. The van der Waals surface area contributed by atoms with Gasteiger partial charge in [-0.2, -0.15) is 0 Å². The number of thiocarbonyl (C=S) groups is 1. The lowest BCUT2D eigenvalue weighted by atomic mass is 9.87. The number of likely N-dealkylation sites (tertiary alicyclic amines) is 1. The van der Waals surface area contributed by atoms with Crippen molar-refractivity contribution in [3.8, 4) is 0 Å². The first-order chi connectivity index (χ1) is 9.84. The van der Waals surface area contributed by atoms with E-state index in [1.165, 1.54) is 12.1 Å². The van der Waals surface area contributed by atoms with E-state index in [9.17, 15) is 9.18 Å². The Labute approximate surface area is 129 Å². The minimum absolute atomic E-state index is 0.0320. The van der Waals surface area contributed by atoms with Crippen molar-refractivity contribution in [2.75, 3.05) is 20.1 Å². The van der Waals surface area contributed by atoms with Crippen molar-refractivity contribution in [1.82, 2.24) is 10.2 Å². The average molecular weight is 309 g/mol. The Morgan fingerprint density at radius 2 is 2.05 bits per heavy atom. The predicted octanol–water partition coefficient (Wildman–Crippen LogP) is 1.61. The Balaban J connectivity index is 2.23. The summed E-state index contributed by atoms with van der Waals surface area (Å²) in [5.41, 5.74) is 5.98. The van der Waals surface area contributed by atoms with Gasteiger partial charge in [0.05, 0.1) is 16.1 Å². The monoisotopic (exact) mass is 309 g/mol. The zero-order valence-electron chi connectivity index (χ0n) is 12.3. The topological polar surface area (TPSA) is 58.4 Å². The van der Waals surface area contributed by atoms with E-state index in [0.29, 0.717) is 12.8 Å². The zero-order valence-corrected chi connectivity index (χ0v) is 13.1. The van der Waals surface area contributed by atoms with E-state index < -0.39 is 17.3 Å². The van der Waals surface area contributed by atoms with E-state index in [2.05, 4.69) is 10.2 Å². The van der Waals surface area contributed by atoms with Crippen LogP contribution in [0, 0.1) is 12.7 Å². The first-order valence-electron chi connectivity index (χ1n) is 6.91. The summed E-state index contributed by atoms with van der Waals surface area (Å²) < 4.78 is 13.8. The van der Waals surface area contributed by atoms with Crippen LogP contribution < -0.4 is 11.1 Å². The third-order valence-corrected chi connectivity index (χ3v) is 4.42. The maximum atomic E-state index is 13.8. The summed E-state index contributed by atoms with van der Waals surface area (Å²) in [6.07, 6.45) is 1.27. The largest absolute Gasteiger partial charge is 0.391 e. The highest BCUT2D eigenvalue weighted by Gasteiger charge is 2.38. The first-order valence-corrected chi connectivity index (χ1v) is 7.32. The fourth-order valence-corrected chi connectivity index (χ4v) is 2.79. The molecule has 1 aromatic carbocycles. The van der Waals surface area contributed by atoms with Gasteiger partial charge in [0, 0.05) is 13.1 Å². The number of hydrogen-bond acceptors (Lipinski definition) is 3. The van der Waals surface area contributed by atoms with Crippen molar-refractivity contribution in [1.29, 1.82) is 0 Å². The summed E-state index contributed by atoms with van der Waals surface area (Å²) in [6, 6.07) is 4.46. The van der Waals surface area contributed by atoms with Gasteiger partial charge in [0.15, 0.2) is 0 Å². The Bertz CT molecular complexity index is 568. The number of rotatable bonds is 3. The lowest BCUT2D eigenvalue weighted by Gasteiger charge is -2.40. The normalized spacial score (nSPS) is 18.2. The predicted molar refractivity (Wildman–Crippen MR) is 84.9 cm³/mol. The van der Waals surface area contributed by atoms with Gasteiger partial charge < -0.3 is 16.0 Å². The molecule has 114 valence electrons. The summed E-state index contributed by atoms with van der Waals surface area (Å²) in [5, 5.41) is 2.86. The number of carbonyl (C=O) groups is 1. The molecule has 0 radical (unpaired) electrons. The van der Waals surface area contributed by atoms with Crippen LogP contribution in [0.4, 0.5) is 4.39 Å². The standard InChI is InChI=1S/C15H20FN3OS/c1-10-3-4-12(16)11(9-10)13(20)18-15(14(17)21)5-7-19(2)8-6-15/h3-4,9H,5-8H2,1-2H3,(H2,17,21)(H,18,20). The van der Waals surface area contributed by atoms with Crippen molar-refractivity contribution in [2.45, 2.75) is 25.3 Å². The molecule has 0 bridgehead atoms. The van der Waals surface area contributed by atoms with Crippen molar-refractivity contribution >= 4 is 23.1 Å². The molecule has 1 saturated heterocycles. The van der Waals surface area contributed by atoms with Crippen molar-refractivity contribution in [2.24, 2.45) is 5.73 Å². The number of hydrogen-bond donors (Lipinski definition) is 2. The molecule has 0 aliphatic carbocycles. The Kier molecular flexibility index (Phi) is 4.58. The summed E-state index contributed by atoms with van der Waals surface area (Å²) in [7, 11) is 2.01. The SMILES string of the molecule is Cc1ccc(F)c(C(=O)NC2(C(N)=S)CCN(C)CC2)c1. The second-order valence-corrected chi connectivity index (χ2v) is 6.13.